The van der Waals surface area contributed by atoms with E-state index in [1.807, 2.05) is 27.7 Å². The predicted octanol–water partition coefficient (Wildman–Crippen LogP) is 2.54. The van der Waals surface area contributed by atoms with Crippen LogP contribution in [0.2, 0.25) is 13.1 Å². The average Bonchev–Trinajstić information content (AvgIpc) is 2.37. The Labute approximate surface area is 118 Å². The van der Waals surface area contributed by atoms with E-state index in [4.69, 9.17) is 23.4 Å². The lowest BCUT2D eigenvalue weighted by atomic mass is 10.3. The van der Waals surface area contributed by atoms with Gasteiger partial charge in [-0.3, -0.25) is 0 Å². The number of methoxy groups -OCH3 is 1. The quantitative estimate of drug-likeness (QED) is 0.458. The maximum Gasteiger partial charge on any atom is 0.254 e. The Balaban J connectivity index is 5.45. The van der Waals surface area contributed by atoms with Crippen LogP contribution in [-0.4, -0.2) is 53.6 Å². The number of rotatable bonds is 10. The van der Waals surface area contributed by atoms with E-state index in [1.54, 1.807) is 14.2 Å². The third-order valence-electron chi connectivity index (χ3n) is 3.33. The van der Waals surface area contributed by atoms with Gasteiger partial charge in [-0.15, -0.1) is 0 Å². The van der Waals surface area contributed by atoms with E-state index in [1.165, 1.54) is 0 Å². The van der Waals surface area contributed by atoms with Crippen molar-refractivity contribution in [1.82, 2.24) is 0 Å². The third kappa shape index (κ3) is 4.51. The summed E-state index contributed by atoms with van der Waals surface area (Å²) in [5.41, 5.74) is -0.901. The van der Waals surface area contributed by atoms with Crippen LogP contribution in [0.3, 0.4) is 0 Å². The second-order valence-corrected chi connectivity index (χ2v) is 8.96. The lowest BCUT2D eigenvalue weighted by Gasteiger charge is -2.47. The molecule has 0 saturated carbocycles. The maximum atomic E-state index is 6.06. The van der Waals surface area contributed by atoms with E-state index in [0.29, 0.717) is 13.2 Å². The highest BCUT2D eigenvalue weighted by Crippen LogP contribution is 2.34. The van der Waals surface area contributed by atoms with Crippen molar-refractivity contribution in [3.63, 3.8) is 0 Å². The van der Waals surface area contributed by atoms with E-state index in [-0.39, 0.29) is 6.10 Å². The highest BCUT2D eigenvalue weighted by molar-refractivity contribution is 6.73. The molecule has 0 aliphatic heterocycles. The highest BCUT2D eigenvalue weighted by atomic mass is 28.4. The molecule has 0 aromatic carbocycles. The SMILES string of the molecule is CCOC(C)C(OCC)(OC(C)OC)[Si](C)(C)OC. The molecular formula is C13H30O5Si. The van der Waals surface area contributed by atoms with Crippen molar-refractivity contribution in [1.29, 1.82) is 0 Å². The molecular weight excluding hydrogens is 264 g/mol. The Morgan fingerprint density at radius 3 is 2.00 bits per heavy atom. The van der Waals surface area contributed by atoms with Crippen LogP contribution in [0.5, 0.6) is 0 Å². The molecule has 0 rings (SSSR count). The highest BCUT2D eigenvalue weighted by Gasteiger charge is 2.56. The van der Waals surface area contributed by atoms with Crippen molar-refractivity contribution < 1.29 is 23.4 Å². The first kappa shape index (κ1) is 19.0. The minimum absolute atomic E-state index is 0.239. The molecule has 19 heavy (non-hydrogen) atoms. The number of hydrogen-bond acceptors (Lipinski definition) is 5. The Hall–Kier alpha value is 0.0169. The van der Waals surface area contributed by atoms with Crippen LogP contribution in [0.15, 0.2) is 0 Å². The Morgan fingerprint density at radius 2 is 1.63 bits per heavy atom. The smallest absolute Gasteiger partial charge is 0.254 e. The molecule has 3 unspecified atom stereocenters. The van der Waals surface area contributed by atoms with Crippen molar-refractivity contribution >= 4 is 8.32 Å². The van der Waals surface area contributed by atoms with Crippen LogP contribution in [0, 0.1) is 0 Å². The fraction of sp³-hybridized carbons (Fsp3) is 1.00. The molecule has 5 nitrogen and oxygen atoms in total. The molecule has 0 aliphatic carbocycles. The predicted molar refractivity (Wildman–Crippen MR) is 77.5 cm³/mol. The van der Waals surface area contributed by atoms with Crippen molar-refractivity contribution in [3.8, 4) is 0 Å². The van der Waals surface area contributed by atoms with Gasteiger partial charge in [0, 0.05) is 27.4 Å². The molecule has 0 N–H and O–H groups in total. The van der Waals surface area contributed by atoms with Gasteiger partial charge in [-0.25, -0.2) is 0 Å². The zero-order chi connectivity index (χ0) is 15.1. The van der Waals surface area contributed by atoms with Crippen LogP contribution < -0.4 is 0 Å². The fourth-order valence-electron chi connectivity index (χ4n) is 2.06. The van der Waals surface area contributed by atoms with Crippen molar-refractivity contribution in [2.75, 3.05) is 27.4 Å². The fourth-order valence-corrected chi connectivity index (χ4v) is 4.35. The third-order valence-corrected chi connectivity index (χ3v) is 6.70. The second-order valence-electron chi connectivity index (χ2n) is 4.83. The summed E-state index contributed by atoms with van der Waals surface area (Å²) < 4.78 is 28.7. The first-order valence-corrected chi connectivity index (χ1v) is 9.73. The van der Waals surface area contributed by atoms with Crippen LogP contribution in [-0.2, 0) is 23.4 Å². The zero-order valence-corrected chi connectivity index (χ0v) is 14.6. The lowest BCUT2D eigenvalue weighted by Crippen LogP contribution is -2.67. The van der Waals surface area contributed by atoms with Gasteiger partial charge in [-0.05, 0) is 40.8 Å². The molecule has 3 atom stereocenters. The van der Waals surface area contributed by atoms with Crippen molar-refractivity contribution in [2.24, 2.45) is 0 Å². The van der Waals surface area contributed by atoms with Crippen molar-refractivity contribution in [2.45, 2.75) is 58.6 Å². The minimum atomic E-state index is -2.31. The number of hydrogen-bond donors (Lipinski definition) is 0. The molecule has 116 valence electrons. The molecule has 0 fully saturated rings. The van der Waals surface area contributed by atoms with Gasteiger partial charge < -0.3 is 23.4 Å². The van der Waals surface area contributed by atoms with Gasteiger partial charge in [0.25, 0.3) is 8.32 Å². The van der Waals surface area contributed by atoms with Gasteiger partial charge in [0.1, 0.15) is 6.10 Å². The normalized spacial score (nSPS) is 18.9. The van der Waals surface area contributed by atoms with Gasteiger partial charge in [0.05, 0.1) is 0 Å². The van der Waals surface area contributed by atoms with Crippen LogP contribution in [0.25, 0.3) is 0 Å². The molecule has 0 spiro atoms. The van der Waals surface area contributed by atoms with Gasteiger partial charge >= 0.3 is 0 Å². The maximum absolute atomic E-state index is 6.06. The standard InChI is InChI=1S/C13H30O5Si/c1-9-16-11(3)13(17-10-2,18-12(4)14-5)19(7,8)15-6/h11-12H,9-10H2,1-8H3. The van der Waals surface area contributed by atoms with Gasteiger partial charge in [-0.2, -0.15) is 0 Å². The summed E-state index contributed by atoms with van der Waals surface area (Å²) in [6.07, 6.45) is -0.631. The van der Waals surface area contributed by atoms with Crippen LogP contribution >= 0.6 is 0 Å². The van der Waals surface area contributed by atoms with E-state index in [9.17, 15) is 0 Å². The molecule has 0 aromatic heterocycles. The summed E-state index contributed by atoms with van der Waals surface area (Å²) in [5.74, 6) is 0. The van der Waals surface area contributed by atoms with Gasteiger partial charge in [-0.1, -0.05) is 0 Å². The van der Waals surface area contributed by atoms with E-state index >= 15 is 0 Å². The second kappa shape index (κ2) is 8.34. The summed E-state index contributed by atoms with van der Waals surface area (Å²) in [4.78, 5) is 0. The summed E-state index contributed by atoms with van der Waals surface area (Å²) in [7, 11) is 0.992. The van der Waals surface area contributed by atoms with E-state index in [0.717, 1.165) is 0 Å². The Bertz CT molecular complexity index is 249. The average molecular weight is 294 g/mol. The molecule has 0 amide bonds. The van der Waals surface area contributed by atoms with E-state index in [2.05, 4.69) is 13.1 Å². The minimum Gasteiger partial charge on any atom is -0.414 e. The van der Waals surface area contributed by atoms with Gasteiger partial charge in [0.15, 0.2) is 6.29 Å². The molecule has 0 aliphatic rings. The topological polar surface area (TPSA) is 46.2 Å². The first-order valence-electron chi connectivity index (χ1n) is 6.82. The van der Waals surface area contributed by atoms with Gasteiger partial charge in [0.2, 0.25) is 5.41 Å². The molecule has 0 aromatic rings. The Morgan fingerprint density at radius 1 is 1.05 bits per heavy atom. The molecule has 6 heteroatoms. The summed E-state index contributed by atoms with van der Waals surface area (Å²) in [6, 6.07) is 0. The molecule has 0 heterocycles. The monoisotopic (exact) mass is 294 g/mol. The van der Waals surface area contributed by atoms with Crippen molar-refractivity contribution in [3.05, 3.63) is 0 Å². The summed E-state index contributed by atoms with van der Waals surface area (Å²) in [5, 5.41) is 0. The Kier molecular flexibility index (Phi) is 8.34. The number of ether oxygens (including phenoxy) is 4. The first-order chi connectivity index (χ1) is 8.81. The molecule has 0 radical (unpaired) electrons. The molecule has 0 saturated heterocycles. The van der Waals surface area contributed by atoms with Crippen LogP contribution in [0.4, 0.5) is 0 Å². The largest absolute Gasteiger partial charge is 0.414 e. The van der Waals surface area contributed by atoms with E-state index < -0.39 is 20.0 Å². The summed E-state index contributed by atoms with van der Waals surface area (Å²) >= 11 is 0. The zero-order valence-electron chi connectivity index (χ0n) is 13.6. The van der Waals surface area contributed by atoms with Crippen LogP contribution in [0.1, 0.15) is 27.7 Å². The summed E-state index contributed by atoms with van der Waals surface area (Å²) in [6.45, 7) is 12.9. The molecule has 0 bridgehead atoms. The lowest BCUT2D eigenvalue weighted by molar-refractivity contribution is -0.301.